The van der Waals surface area contributed by atoms with Crippen molar-refractivity contribution >= 4 is 16.7 Å². The minimum atomic E-state index is -0.0615. The number of rotatable bonds is 1. The van der Waals surface area contributed by atoms with Gasteiger partial charge in [0.2, 0.25) is 0 Å². The molecule has 0 radical (unpaired) electrons. The smallest absolute Gasteiger partial charge is 0.258 e. The van der Waals surface area contributed by atoms with Gasteiger partial charge >= 0.3 is 0 Å². The van der Waals surface area contributed by atoms with Crippen LogP contribution in [0.3, 0.4) is 0 Å². The summed E-state index contributed by atoms with van der Waals surface area (Å²) in [4.78, 5) is 26.5. The molecule has 0 saturated carbocycles. The van der Waals surface area contributed by atoms with Crippen molar-refractivity contribution in [1.29, 1.82) is 0 Å². The highest BCUT2D eigenvalue weighted by Crippen LogP contribution is 2.19. The number of carbonyl (C=O) groups is 1. The van der Waals surface area contributed by atoms with Crippen LogP contribution in [0.2, 0.25) is 0 Å². The molecule has 1 aromatic heterocycles. The van der Waals surface area contributed by atoms with Crippen LogP contribution in [-0.2, 0) is 7.05 Å². The molecule has 0 unspecified atom stereocenters. The number of benzene rings is 1. The van der Waals surface area contributed by atoms with Gasteiger partial charge in [-0.2, -0.15) is 0 Å². The first-order valence-corrected chi connectivity index (χ1v) is 6.56. The largest absolute Gasteiger partial charge is 0.339 e. The Hall–Kier alpha value is -2.10. The molecule has 98 valence electrons. The molecule has 0 bridgehead atoms. The normalized spacial score (nSPS) is 15.1. The van der Waals surface area contributed by atoms with Crippen molar-refractivity contribution in [2.45, 2.75) is 12.8 Å². The van der Waals surface area contributed by atoms with Crippen LogP contribution < -0.4 is 5.56 Å². The zero-order valence-electron chi connectivity index (χ0n) is 10.9. The van der Waals surface area contributed by atoms with E-state index in [0.29, 0.717) is 10.9 Å². The molecular weight excluding hydrogens is 240 g/mol. The zero-order valence-corrected chi connectivity index (χ0v) is 10.9. The van der Waals surface area contributed by atoms with E-state index in [2.05, 4.69) is 0 Å². The molecule has 1 aliphatic heterocycles. The molecule has 0 N–H and O–H groups in total. The van der Waals surface area contributed by atoms with Gasteiger partial charge in [-0.1, -0.05) is 18.2 Å². The number of carbonyl (C=O) groups excluding carboxylic acids is 1. The molecular formula is C15H16N2O2. The molecule has 1 amide bonds. The van der Waals surface area contributed by atoms with Crippen LogP contribution in [0.15, 0.2) is 35.3 Å². The summed E-state index contributed by atoms with van der Waals surface area (Å²) in [7, 11) is 1.69. The first-order chi connectivity index (χ1) is 9.18. The Kier molecular flexibility index (Phi) is 2.85. The van der Waals surface area contributed by atoms with Gasteiger partial charge in [-0.15, -0.1) is 0 Å². The summed E-state index contributed by atoms with van der Waals surface area (Å²) in [6.45, 7) is 1.63. The maximum Gasteiger partial charge on any atom is 0.258 e. The first-order valence-electron chi connectivity index (χ1n) is 6.56. The SMILES string of the molecule is Cn1cc(C(=O)N2CCCC2)c2ccccc2c1=O. The lowest BCUT2D eigenvalue weighted by Crippen LogP contribution is -2.29. The lowest BCUT2D eigenvalue weighted by Gasteiger charge is -2.17. The molecule has 2 heterocycles. The number of pyridine rings is 1. The molecule has 1 aromatic carbocycles. The van der Waals surface area contributed by atoms with Gasteiger partial charge in [-0.3, -0.25) is 9.59 Å². The van der Waals surface area contributed by atoms with Crippen LogP contribution >= 0.6 is 0 Å². The highest BCUT2D eigenvalue weighted by Gasteiger charge is 2.22. The summed E-state index contributed by atoms with van der Waals surface area (Å²) in [5.41, 5.74) is 0.563. The van der Waals surface area contributed by atoms with E-state index in [4.69, 9.17) is 0 Å². The second kappa shape index (κ2) is 4.53. The van der Waals surface area contributed by atoms with Crippen LogP contribution in [0, 0.1) is 0 Å². The minimum Gasteiger partial charge on any atom is -0.339 e. The average molecular weight is 256 g/mol. The predicted octanol–water partition coefficient (Wildman–Crippen LogP) is 1.77. The van der Waals surface area contributed by atoms with Crippen LogP contribution in [0.1, 0.15) is 23.2 Å². The van der Waals surface area contributed by atoms with Crippen LogP contribution in [0.4, 0.5) is 0 Å². The summed E-state index contributed by atoms with van der Waals surface area (Å²) >= 11 is 0. The molecule has 19 heavy (non-hydrogen) atoms. The number of aromatic nitrogens is 1. The summed E-state index contributed by atoms with van der Waals surface area (Å²) in [6, 6.07) is 7.31. The summed E-state index contributed by atoms with van der Waals surface area (Å²) in [5, 5.41) is 1.36. The Morgan fingerprint density at radius 2 is 1.74 bits per heavy atom. The van der Waals surface area contributed by atoms with Gasteiger partial charge in [-0.25, -0.2) is 0 Å². The van der Waals surface area contributed by atoms with Crippen LogP contribution in [0.25, 0.3) is 10.8 Å². The third kappa shape index (κ3) is 1.93. The molecule has 1 aliphatic rings. The fourth-order valence-corrected chi connectivity index (χ4v) is 2.68. The Morgan fingerprint density at radius 1 is 1.11 bits per heavy atom. The second-order valence-corrected chi connectivity index (χ2v) is 5.00. The lowest BCUT2D eigenvalue weighted by molar-refractivity contribution is 0.0794. The van der Waals surface area contributed by atoms with Gasteiger partial charge in [0.25, 0.3) is 11.5 Å². The van der Waals surface area contributed by atoms with E-state index in [1.165, 1.54) is 4.57 Å². The van der Waals surface area contributed by atoms with E-state index in [1.807, 2.05) is 23.1 Å². The monoisotopic (exact) mass is 256 g/mol. The van der Waals surface area contributed by atoms with E-state index in [1.54, 1.807) is 19.3 Å². The number of hydrogen-bond donors (Lipinski definition) is 0. The topological polar surface area (TPSA) is 42.3 Å². The fourth-order valence-electron chi connectivity index (χ4n) is 2.68. The Bertz CT molecular complexity index is 697. The van der Waals surface area contributed by atoms with Crippen molar-refractivity contribution in [2.75, 3.05) is 13.1 Å². The maximum atomic E-state index is 12.5. The Labute approximate surface area is 111 Å². The molecule has 1 saturated heterocycles. The highest BCUT2D eigenvalue weighted by atomic mass is 16.2. The summed E-state index contributed by atoms with van der Waals surface area (Å²) in [5.74, 6) is 0.0318. The van der Waals surface area contributed by atoms with E-state index in [0.717, 1.165) is 31.3 Å². The molecule has 0 aliphatic carbocycles. The quantitative estimate of drug-likeness (QED) is 0.780. The average Bonchev–Trinajstić information content (AvgIpc) is 2.96. The van der Waals surface area contributed by atoms with Crippen molar-refractivity contribution in [2.24, 2.45) is 7.05 Å². The molecule has 4 nitrogen and oxygen atoms in total. The second-order valence-electron chi connectivity index (χ2n) is 5.00. The van der Waals surface area contributed by atoms with Gasteiger partial charge in [0.1, 0.15) is 0 Å². The number of aryl methyl sites for hydroxylation is 1. The molecule has 4 heteroatoms. The van der Waals surface area contributed by atoms with E-state index < -0.39 is 0 Å². The summed E-state index contributed by atoms with van der Waals surface area (Å²) in [6.07, 6.45) is 3.79. The van der Waals surface area contributed by atoms with Crippen LogP contribution in [-0.4, -0.2) is 28.5 Å². The standard InChI is InChI=1S/C15H16N2O2/c1-16-10-13(15(19)17-8-4-5-9-17)11-6-2-3-7-12(11)14(16)18/h2-3,6-7,10H,4-5,8-9H2,1H3. The van der Waals surface area contributed by atoms with Crippen molar-refractivity contribution in [3.63, 3.8) is 0 Å². The minimum absolute atomic E-state index is 0.0318. The van der Waals surface area contributed by atoms with Gasteiger partial charge in [0.05, 0.1) is 5.56 Å². The summed E-state index contributed by atoms with van der Waals surface area (Å²) < 4.78 is 1.49. The highest BCUT2D eigenvalue weighted by molar-refractivity contribution is 6.06. The number of likely N-dealkylation sites (tertiary alicyclic amines) is 1. The lowest BCUT2D eigenvalue weighted by atomic mass is 10.1. The van der Waals surface area contributed by atoms with Gasteiger partial charge in [0.15, 0.2) is 0 Å². The number of nitrogens with zero attached hydrogens (tertiary/aromatic N) is 2. The van der Waals surface area contributed by atoms with Gasteiger partial charge in [-0.05, 0) is 18.9 Å². The van der Waals surface area contributed by atoms with Gasteiger partial charge in [0, 0.05) is 37.1 Å². The van der Waals surface area contributed by atoms with Gasteiger partial charge < -0.3 is 9.47 Å². The Morgan fingerprint density at radius 3 is 2.42 bits per heavy atom. The third-order valence-corrected chi connectivity index (χ3v) is 3.71. The van der Waals surface area contributed by atoms with Crippen molar-refractivity contribution in [3.05, 3.63) is 46.4 Å². The first kappa shape index (κ1) is 12.0. The number of amides is 1. The molecule has 1 fully saturated rings. The zero-order chi connectivity index (χ0) is 13.4. The number of hydrogen-bond acceptors (Lipinski definition) is 2. The van der Waals surface area contributed by atoms with Crippen LogP contribution in [0.5, 0.6) is 0 Å². The fraction of sp³-hybridized carbons (Fsp3) is 0.333. The molecule has 2 aromatic rings. The molecule has 0 spiro atoms. The van der Waals surface area contributed by atoms with Crippen molar-refractivity contribution in [1.82, 2.24) is 9.47 Å². The molecule has 0 atom stereocenters. The predicted molar refractivity (Wildman–Crippen MR) is 74.3 cm³/mol. The van der Waals surface area contributed by atoms with Crippen molar-refractivity contribution < 1.29 is 4.79 Å². The number of fused-ring (bicyclic) bond motifs is 1. The van der Waals surface area contributed by atoms with E-state index in [-0.39, 0.29) is 11.5 Å². The third-order valence-electron chi connectivity index (χ3n) is 3.71. The molecule has 3 rings (SSSR count). The maximum absolute atomic E-state index is 12.5. The van der Waals surface area contributed by atoms with E-state index in [9.17, 15) is 9.59 Å². The Balaban J connectivity index is 2.20. The van der Waals surface area contributed by atoms with E-state index >= 15 is 0 Å². The van der Waals surface area contributed by atoms with Crippen molar-refractivity contribution in [3.8, 4) is 0 Å².